The van der Waals surface area contributed by atoms with Crippen molar-refractivity contribution in [2.24, 2.45) is 0 Å². The highest BCUT2D eigenvalue weighted by Crippen LogP contribution is 2.23. The second-order valence-electron chi connectivity index (χ2n) is 4.30. The molecule has 0 bridgehead atoms. The van der Waals surface area contributed by atoms with E-state index >= 15 is 0 Å². The summed E-state index contributed by atoms with van der Waals surface area (Å²) in [5, 5.41) is 4.01. The molecule has 0 atom stereocenters. The van der Waals surface area contributed by atoms with Crippen molar-refractivity contribution in [1.82, 2.24) is 14.7 Å². The largest absolute Gasteiger partial charge is 0.314 e. The molecule has 2 aromatic heterocycles. The first-order valence-electron chi connectivity index (χ1n) is 5.92. The molecule has 1 N–H and O–H groups in total. The van der Waals surface area contributed by atoms with E-state index in [1.54, 1.807) is 0 Å². The van der Waals surface area contributed by atoms with Crippen LogP contribution in [0.1, 0.15) is 5.69 Å². The van der Waals surface area contributed by atoms with Crippen LogP contribution < -0.4 is 5.32 Å². The number of imidazole rings is 1. The van der Waals surface area contributed by atoms with Gasteiger partial charge in [-0.15, -0.1) is 11.8 Å². The van der Waals surface area contributed by atoms with Crippen LogP contribution in [0.5, 0.6) is 0 Å². The van der Waals surface area contributed by atoms with Gasteiger partial charge in [-0.05, 0) is 19.2 Å². The Labute approximate surface area is 117 Å². The molecule has 0 radical (unpaired) electrons. The van der Waals surface area contributed by atoms with Crippen LogP contribution in [0.2, 0.25) is 0 Å². The number of pyridine rings is 1. The van der Waals surface area contributed by atoms with Crippen molar-refractivity contribution < 1.29 is 8.42 Å². The number of nitrogens with one attached hydrogen (secondary N) is 1. The summed E-state index contributed by atoms with van der Waals surface area (Å²) in [6, 6.07) is 5.84. The molecule has 5 nitrogen and oxygen atoms in total. The van der Waals surface area contributed by atoms with Crippen molar-refractivity contribution >= 4 is 27.2 Å². The zero-order chi connectivity index (χ0) is 13.9. The lowest BCUT2D eigenvalue weighted by atomic mass is 10.4. The Hall–Kier alpha value is -1.05. The van der Waals surface area contributed by atoms with Crippen molar-refractivity contribution in [2.75, 3.05) is 24.8 Å². The number of rotatable bonds is 6. The number of hydrogen-bond acceptors (Lipinski definition) is 5. The summed E-state index contributed by atoms with van der Waals surface area (Å²) in [4.78, 5) is 4.54. The van der Waals surface area contributed by atoms with Crippen molar-refractivity contribution in [3.8, 4) is 0 Å². The van der Waals surface area contributed by atoms with E-state index in [4.69, 9.17) is 0 Å². The van der Waals surface area contributed by atoms with Crippen LogP contribution in [-0.2, 0) is 16.4 Å². The number of fused-ring (bicyclic) bond motifs is 1. The molecule has 7 heteroatoms. The van der Waals surface area contributed by atoms with Gasteiger partial charge in [0, 0.05) is 24.8 Å². The van der Waals surface area contributed by atoms with E-state index in [1.807, 2.05) is 35.8 Å². The van der Waals surface area contributed by atoms with E-state index in [2.05, 4.69) is 10.3 Å². The Morgan fingerprint density at radius 1 is 1.42 bits per heavy atom. The van der Waals surface area contributed by atoms with Gasteiger partial charge >= 0.3 is 0 Å². The Balaban J connectivity index is 2.23. The Morgan fingerprint density at radius 3 is 2.89 bits per heavy atom. The molecule has 0 aromatic carbocycles. The molecule has 0 aliphatic heterocycles. The Bertz CT molecular complexity index is 665. The van der Waals surface area contributed by atoms with Gasteiger partial charge in [-0.2, -0.15) is 0 Å². The SMILES string of the molecule is CNCc1c(SCCS(C)(=O)=O)nc2ccccn12. The van der Waals surface area contributed by atoms with Crippen molar-refractivity contribution in [2.45, 2.75) is 11.6 Å². The number of nitrogens with zero attached hydrogens (tertiary/aromatic N) is 2. The minimum Gasteiger partial charge on any atom is -0.314 e. The molecule has 0 saturated heterocycles. The van der Waals surface area contributed by atoms with Crippen LogP contribution in [0.25, 0.3) is 5.65 Å². The van der Waals surface area contributed by atoms with E-state index in [-0.39, 0.29) is 5.75 Å². The molecule has 0 fully saturated rings. The molecule has 0 spiro atoms. The van der Waals surface area contributed by atoms with Crippen LogP contribution in [-0.4, -0.2) is 42.6 Å². The van der Waals surface area contributed by atoms with Crippen LogP contribution in [0, 0.1) is 0 Å². The topological polar surface area (TPSA) is 63.5 Å². The molecule has 0 aliphatic rings. The van der Waals surface area contributed by atoms with E-state index in [9.17, 15) is 8.42 Å². The normalized spacial score (nSPS) is 12.1. The predicted molar refractivity (Wildman–Crippen MR) is 78.4 cm³/mol. The quantitative estimate of drug-likeness (QED) is 0.812. The highest BCUT2D eigenvalue weighted by molar-refractivity contribution is 8.00. The summed E-state index contributed by atoms with van der Waals surface area (Å²) < 4.78 is 24.3. The van der Waals surface area contributed by atoms with E-state index in [1.165, 1.54) is 18.0 Å². The first kappa shape index (κ1) is 14.4. The van der Waals surface area contributed by atoms with Gasteiger partial charge in [-0.1, -0.05) is 6.07 Å². The maximum absolute atomic E-state index is 11.2. The summed E-state index contributed by atoms with van der Waals surface area (Å²) >= 11 is 1.49. The van der Waals surface area contributed by atoms with Crippen LogP contribution in [0.4, 0.5) is 0 Å². The fraction of sp³-hybridized carbons (Fsp3) is 0.417. The first-order chi connectivity index (χ1) is 9.01. The van der Waals surface area contributed by atoms with Gasteiger partial charge in [0.1, 0.15) is 20.5 Å². The molecule has 104 valence electrons. The molecule has 2 aromatic rings. The molecule has 0 saturated carbocycles. The van der Waals surface area contributed by atoms with Crippen LogP contribution >= 0.6 is 11.8 Å². The number of thioether (sulfide) groups is 1. The fourth-order valence-electron chi connectivity index (χ4n) is 1.76. The smallest absolute Gasteiger partial charge is 0.148 e. The lowest BCUT2D eigenvalue weighted by molar-refractivity contribution is 0.603. The van der Waals surface area contributed by atoms with E-state index in [0.717, 1.165) is 16.4 Å². The van der Waals surface area contributed by atoms with Gasteiger partial charge in [-0.3, -0.25) is 0 Å². The lowest BCUT2D eigenvalue weighted by Crippen LogP contribution is -2.09. The third-order valence-corrected chi connectivity index (χ3v) is 4.84. The number of aromatic nitrogens is 2. The van der Waals surface area contributed by atoms with Crippen molar-refractivity contribution in [3.05, 3.63) is 30.1 Å². The highest BCUT2D eigenvalue weighted by atomic mass is 32.2. The molecular weight excluding hydrogens is 282 g/mol. The molecule has 2 heterocycles. The van der Waals surface area contributed by atoms with Crippen LogP contribution in [0.3, 0.4) is 0 Å². The lowest BCUT2D eigenvalue weighted by Gasteiger charge is -2.03. The van der Waals surface area contributed by atoms with Gasteiger partial charge in [0.05, 0.1) is 11.4 Å². The molecule has 19 heavy (non-hydrogen) atoms. The van der Waals surface area contributed by atoms with Crippen molar-refractivity contribution in [1.29, 1.82) is 0 Å². The average molecular weight is 299 g/mol. The summed E-state index contributed by atoms with van der Waals surface area (Å²) in [5.41, 5.74) is 1.95. The molecule has 0 aliphatic carbocycles. The van der Waals surface area contributed by atoms with E-state index in [0.29, 0.717) is 12.3 Å². The second-order valence-corrected chi connectivity index (χ2v) is 7.64. The number of sulfone groups is 1. The highest BCUT2D eigenvalue weighted by Gasteiger charge is 2.12. The predicted octanol–water partition coefficient (Wildman–Crippen LogP) is 1.19. The van der Waals surface area contributed by atoms with Gasteiger partial charge in [0.15, 0.2) is 0 Å². The summed E-state index contributed by atoms with van der Waals surface area (Å²) in [6.45, 7) is 0.701. The van der Waals surface area contributed by atoms with Gasteiger partial charge < -0.3 is 9.72 Å². The average Bonchev–Trinajstić information content (AvgIpc) is 2.67. The van der Waals surface area contributed by atoms with Gasteiger partial charge in [0.25, 0.3) is 0 Å². The summed E-state index contributed by atoms with van der Waals surface area (Å²) in [6.07, 6.45) is 3.22. The van der Waals surface area contributed by atoms with Crippen molar-refractivity contribution in [3.63, 3.8) is 0 Å². The summed E-state index contributed by atoms with van der Waals surface area (Å²) in [5.74, 6) is 0.698. The Kier molecular flexibility index (Phi) is 4.49. The molecule has 0 unspecified atom stereocenters. The van der Waals surface area contributed by atoms with Crippen LogP contribution in [0.15, 0.2) is 29.4 Å². The first-order valence-corrected chi connectivity index (χ1v) is 8.97. The minimum atomic E-state index is -2.92. The zero-order valence-electron chi connectivity index (χ0n) is 11.0. The molecule has 0 amide bonds. The Morgan fingerprint density at radius 2 is 2.21 bits per heavy atom. The number of hydrogen-bond donors (Lipinski definition) is 1. The third-order valence-electron chi connectivity index (χ3n) is 2.63. The van der Waals surface area contributed by atoms with E-state index < -0.39 is 9.84 Å². The van der Waals surface area contributed by atoms with Gasteiger partial charge in [0.2, 0.25) is 0 Å². The minimum absolute atomic E-state index is 0.171. The maximum Gasteiger partial charge on any atom is 0.148 e. The molecular formula is C12H17N3O2S2. The second kappa shape index (κ2) is 5.94. The fourth-order valence-corrected chi connectivity index (χ4v) is 3.99. The monoisotopic (exact) mass is 299 g/mol. The van der Waals surface area contributed by atoms with Gasteiger partial charge in [-0.25, -0.2) is 13.4 Å². The standard InChI is InChI=1S/C12H17N3O2S2/c1-13-9-10-12(18-7-8-19(2,16)17)14-11-5-3-4-6-15(10)11/h3-6,13H,7-9H2,1-2H3. The molecule has 2 rings (SSSR count). The summed E-state index contributed by atoms with van der Waals surface area (Å²) in [7, 11) is -1.04. The third kappa shape index (κ3) is 3.71. The zero-order valence-corrected chi connectivity index (χ0v) is 12.6. The maximum atomic E-state index is 11.2.